The third-order valence-corrected chi connectivity index (χ3v) is 4.55. The van der Waals surface area contributed by atoms with Crippen molar-refractivity contribution in [2.45, 2.75) is 6.04 Å². The van der Waals surface area contributed by atoms with Crippen molar-refractivity contribution in [1.82, 2.24) is 24.2 Å². The Morgan fingerprint density at radius 3 is 2.60 bits per heavy atom. The topological polar surface area (TPSA) is 65.2 Å². The maximum atomic E-state index is 13.0. The molecule has 2 aromatic heterocycles. The van der Waals surface area contributed by atoms with Gasteiger partial charge in [-0.15, -0.1) is 10.2 Å². The van der Waals surface area contributed by atoms with Gasteiger partial charge in [-0.2, -0.15) is 0 Å². The quantitative estimate of drug-likeness (QED) is 0.731. The van der Waals surface area contributed by atoms with Crippen LogP contribution in [0.1, 0.15) is 22.1 Å². The summed E-state index contributed by atoms with van der Waals surface area (Å²) in [6, 6.07) is 11.4. The van der Waals surface area contributed by atoms with Crippen LogP contribution in [0, 0.1) is 0 Å². The first-order chi connectivity index (χ1) is 12.2. The lowest BCUT2D eigenvalue weighted by Gasteiger charge is -2.36. The second-order valence-corrected chi connectivity index (χ2v) is 6.05. The van der Waals surface area contributed by atoms with Crippen LogP contribution in [0.3, 0.4) is 0 Å². The second kappa shape index (κ2) is 6.52. The summed E-state index contributed by atoms with van der Waals surface area (Å²) in [7, 11) is 1.99. The Balaban J connectivity index is 1.59. The maximum Gasteiger partial charge on any atom is 0.254 e. The number of rotatable bonds is 3. The van der Waals surface area contributed by atoms with Crippen LogP contribution in [0.2, 0.25) is 0 Å². The average molecular weight is 337 g/mol. The van der Waals surface area contributed by atoms with E-state index in [1.54, 1.807) is 17.2 Å². The largest absolute Gasteiger partial charge is 0.377 e. The molecule has 1 aliphatic rings. The predicted octanol–water partition coefficient (Wildman–Crippen LogP) is 1.82. The van der Waals surface area contributed by atoms with E-state index in [1.807, 2.05) is 59.1 Å². The molecule has 1 amide bonds. The molecule has 1 fully saturated rings. The number of aromatic nitrogens is 4. The molecule has 3 aromatic rings. The van der Waals surface area contributed by atoms with Crippen molar-refractivity contribution in [2.75, 3.05) is 19.8 Å². The Kier molecular flexibility index (Phi) is 4.07. The van der Waals surface area contributed by atoms with Gasteiger partial charge in [0, 0.05) is 36.7 Å². The molecule has 7 nitrogen and oxygen atoms in total. The van der Waals surface area contributed by atoms with E-state index in [-0.39, 0.29) is 11.9 Å². The first kappa shape index (κ1) is 15.6. The fraction of sp³-hybridized carbons (Fsp3) is 0.278. The molecule has 7 heteroatoms. The van der Waals surface area contributed by atoms with E-state index in [1.165, 1.54) is 0 Å². The van der Waals surface area contributed by atoms with E-state index >= 15 is 0 Å². The van der Waals surface area contributed by atoms with Crippen molar-refractivity contribution in [2.24, 2.45) is 7.05 Å². The molecule has 3 heterocycles. The monoisotopic (exact) mass is 337 g/mol. The summed E-state index contributed by atoms with van der Waals surface area (Å²) in [5, 5.41) is 7.60. The molecule has 1 unspecified atom stereocenters. The van der Waals surface area contributed by atoms with Crippen LogP contribution in [0.15, 0.2) is 55.2 Å². The highest BCUT2D eigenvalue weighted by Gasteiger charge is 2.30. The second-order valence-electron chi connectivity index (χ2n) is 6.05. The van der Waals surface area contributed by atoms with Gasteiger partial charge in [0.2, 0.25) is 0 Å². The van der Waals surface area contributed by atoms with Gasteiger partial charge in [-0.25, -0.2) is 0 Å². The minimum absolute atomic E-state index is 0.0183. The molecule has 1 aliphatic heterocycles. The molecule has 0 aliphatic carbocycles. The van der Waals surface area contributed by atoms with Gasteiger partial charge in [0.25, 0.3) is 5.91 Å². The van der Waals surface area contributed by atoms with Crippen LogP contribution in [0.5, 0.6) is 0 Å². The molecule has 25 heavy (non-hydrogen) atoms. The zero-order valence-corrected chi connectivity index (χ0v) is 13.9. The summed E-state index contributed by atoms with van der Waals surface area (Å²) in [6.07, 6.45) is 5.25. The number of amides is 1. The molecular weight excluding hydrogens is 318 g/mol. The average Bonchev–Trinajstić information content (AvgIpc) is 3.33. The lowest BCUT2D eigenvalue weighted by molar-refractivity contribution is -0.00463. The van der Waals surface area contributed by atoms with Gasteiger partial charge in [0.05, 0.1) is 19.3 Å². The van der Waals surface area contributed by atoms with Crippen LogP contribution in [-0.4, -0.2) is 49.9 Å². The fourth-order valence-corrected chi connectivity index (χ4v) is 3.19. The van der Waals surface area contributed by atoms with Crippen LogP contribution >= 0.6 is 0 Å². The molecule has 0 spiro atoms. The minimum atomic E-state index is -0.0706. The highest BCUT2D eigenvalue weighted by molar-refractivity contribution is 5.94. The van der Waals surface area contributed by atoms with Crippen molar-refractivity contribution in [1.29, 1.82) is 0 Å². The van der Waals surface area contributed by atoms with E-state index in [0.29, 0.717) is 25.3 Å². The summed E-state index contributed by atoms with van der Waals surface area (Å²) in [6.45, 7) is 1.66. The number of carbonyl (C=O) groups excluding carboxylic acids is 1. The lowest BCUT2D eigenvalue weighted by Crippen LogP contribution is -2.44. The Morgan fingerprint density at radius 2 is 1.92 bits per heavy atom. The summed E-state index contributed by atoms with van der Waals surface area (Å²) in [5.41, 5.74) is 2.66. The number of carbonyl (C=O) groups is 1. The summed E-state index contributed by atoms with van der Waals surface area (Å²) in [4.78, 5) is 14.9. The van der Waals surface area contributed by atoms with E-state index in [4.69, 9.17) is 4.74 Å². The third kappa shape index (κ3) is 2.94. The van der Waals surface area contributed by atoms with E-state index < -0.39 is 0 Å². The first-order valence-electron chi connectivity index (χ1n) is 8.19. The standard InChI is InChI=1S/C18H19N5O2/c1-21-8-2-3-16(21)17-11-25-10-9-23(17)18(24)14-4-6-15(7-5-14)22-12-19-20-13-22/h2-8,12-13,17H,9-11H2,1H3. The fourth-order valence-electron chi connectivity index (χ4n) is 3.19. The number of nitrogens with zero attached hydrogens (tertiary/aromatic N) is 5. The highest BCUT2D eigenvalue weighted by atomic mass is 16.5. The SMILES string of the molecule is Cn1cccc1C1COCCN1C(=O)c1ccc(-n2cnnc2)cc1. The zero-order valence-electron chi connectivity index (χ0n) is 13.9. The normalized spacial score (nSPS) is 17.6. The van der Waals surface area contributed by atoms with E-state index in [2.05, 4.69) is 10.2 Å². The summed E-state index contributed by atoms with van der Waals surface area (Å²) >= 11 is 0. The smallest absolute Gasteiger partial charge is 0.254 e. The number of benzene rings is 1. The Labute approximate surface area is 145 Å². The molecule has 0 N–H and O–H groups in total. The van der Waals surface area contributed by atoms with Crippen molar-refractivity contribution in [3.05, 3.63) is 66.5 Å². The molecule has 0 radical (unpaired) electrons. The van der Waals surface area contributed by atoms with Crippen molar-refractivity contribution >= 4 is 5.91 Å². The number of aryl methyl sites for hydroxylation is 1. The number of hydrogen-bond acceptors (Lipinski definition) is 4. The van der Waals surface area contributed by atoms with Crippen LogP contribution in [0.25, 0.3) is 5.69 Å². The van der Waals surface area contributed by atoms with Gasteiger partial charge in [-0.05, 0) is 36.4 Å². The Hall–Kier alpha value is -2.93. The van der Waals surface area contributed by atoms with Gasteiger partial charge in [0.1, 0.15) is 12.7 Å². The molecule has 0 saturated carbocycles. The number of hydrogen-bond donors (Lipinski definition) is 0. The third-order valence-electron chi connectivity index (χ3n) is 4.55. The Morgan fingerprint density at radius 1 is 1.16 bits per heavy atom. The van der Waals surface area contributed by atoms with Crippen LogP contribution in [0.4, 0.5) is 0 Å². The molecule has 0 bridgehead atoms. The van der Waals surface area contributed by atoms with Gasteiger partial charge in [-0.1, -0.05) is 0 Å². The van der Waals surface area contributed by atoms with Crippen molar-refractivity contribution < 1.29 is 9.53 Å². The van der Waals surface area contributed by atoms with E-state index in [9.17, 15) is 4.79 Å². The molecule has 1 atom stereocenters. The van der Waals surface area contributed by atoms with Crippen molar-refractivity contribution in [3.8, 4) is 5.69 Å². The molecule has 1 saturated heterocycles. The zero-order chi connectivity index (χ0) is 17.2. The minimum Gasteiger partial charge on any atom is -0.377 e. The number of morpholine rings is 1. The Bertz CT molecular complexity index is 854. The van der Waals surface area contributed by atoms with Gasteiger partial charge >= 0.3 is 0 Å². The maximum absolute atomic E-state index is 13.0. The summed E-state index contributed by atoms with van der Waals surface area (Å²) in [5.74, 6) is 0.0183. The van der Waals surface area contributed by atoms with Gasteiger partial charge in [-0.3, -0.25) is 9.36 Å². The highest BCUT2D eigenvalue weighted by Crippen LogP contribution is 2.26. The molecular formula is C18H19N5O2. The predicted molar refractivity (Wildman–Crippen MR) is 91.4 cm³/mol. The summed E-state index contributed by atoms with van der Waals surface area (Å²) < 4.78 is 9.46. The van der Waals surface area contributed by atoms with Gasteiger partial charge < -0.3 is 14.2 Å². The lowest BCUT2D eigenvalue weighted by atomic mass is 10.1. The molecule has 4 rings (SSSR count). The first-order valence-corrected chi connectivity index (χ1v) is 8.19. The molecule has 1 aromatic carbocycles. The van der Waals surface area contributed by atoms with Crippen molar-refractivity contribution in [3.63, 3.8) is 0 Å². The molecule has 128 valence electrons. The van der Waals surface area contributed by atoms with Gasteiger partial charge in [0.15, 0.2) is 0 Å². The van der Waals surface area contributed by atoms with E-state index in [0.717, 1.165) is 11.4 Å². The van der Waals surface area contributed by atoms with Crippen LogP contribution in [-0.2, 0) is 11.8 Å². The number of ether oxygens (including phenoxy) is 1. The van der Waals surface area contributed by atoms with Crippen LogP contribution < -0.4 is 0 Å².